The van der Waals surface area contributed by atoms with E-state index < -0.39 is 35.6 Å². The van der Waals surface area contributed by atoms with E-state index in [2.05, 4.69) is 4.98 Å². The lowest BCUT2D eigenvalue weighted by Gasteiger charge is -2.06. The zero-order valence-electron chi connectivity index (χ0n) is 15.5. The molecule has 154 valence electrons. The van der Waals surface area contributed by atoms with Crippen molar-refractivity contribution < 1.29 is 25.6 Å². The van der Waals surface area contributed by atoms with E-state index in [0.717, 1.165) is 6.07 Å². The Bertz CT molecular complexity index is 1250. The second kappa shape index (κ2) is 7.89. The summed E-state index contributed by atoms with van der Waals surface area (Å²) < 4.78 is 70.8. The molecule has 0 aliphatic heterocycles. The molecule has 3 aromatic rings. The maximum atomic E-state index is 13.6. The first kappa shape index (κ1) is 21.5. The second-order valence-corrected chi connectivity index (χ2v) is 11.0. The summed E-state index contributed by atoms with van der Waals surface area (Å²) in [5, 5.41) is -1.18. The first-order valence-electron chi connectivity index (χ1n) is 8.51. The number of nitrogens with zero attached hydrogens (tertiary/aromatic N) is 1. The lowest BCUT2D eigenvalue weighted by atomic mass is 10.2. The molecule has 3 rings (SSSR count). The van der Waals surface area contributed by atoms with Gasteiger partial charge in [-0.3, -0.25) is 0 Å². The van der Waals surface area contributed by atoms with Crippen LogP contribution in [-0.2, 0) is 19.7 Å². The summed E-state index contributed by atoms with van der Waals surface area (Å²) in [6.45, 7) is 3.35. The van der Waals surface area contributed by atoms with Gasteiger partial charge in [-0.15, -0.1) is 0 Å². The Balaban J connectivity index is 2.25. The van der Waals surface area contributed by atoms with Gasteiger partial charge in [0.05, 0.1) is 10.6 Å². The number of sulfone groups is 2. The van der Waals surface area contributed by atoms with Gasteiger partial charge in [0.1, 0.15) is 5.82 Å². The van der Waals surface area contributed by atoms with Gasteiger partial charge in [0.25, 0.3) is 5.09 Å². The summed E-state index contributed by atoms with van der Waals surface area (Å²) in [5.41, 5.74) is 0.114. The SMILES string of the molecule is CC(C)CS(=O)(=O)c1oc(-c2cccc(F)c2)nc1S(=O)(=O)c1ccc(Cl)cc1. The monoisotopic (exact) mass is 457 g/mol. The minimum absolute atomic E-state index is 0.114. The predicted octanol–water partition coefficient (Wildman–Crippen LogP) is 4.40. The van der Waals surface area contributed by atoms with Crippen molar-refractivity contribution in [2.45, 2.75) is 28.9 Å². The number of oxazole rings is 1. The minimum Gasteiger partial charge on any atom is -0.423 e. The van der Waals surface area contributed by atoms with E-state index in [9.17, 15) is 21.2 Å². The predicted molar refractivity (Wildman–Crippen MR) is 106 cm³/mol. The number of hydrogen-bond donors (Lipinski definition) is 0. The average molecular weight is 458 g/mol. The molecule has 0 aliphatic carbocycles. The first-order chi connectivity index (χ1) is 13.5. The molecule has 0 saturated carbocycles. The number of hydrogen-bond acceptors (Lipinski definition) is 6. The van der Waals surface area contributed by atoms with E-state index in [1.165, 1.54) is 42.5 Å². The summed E-state index contributed by atoms with van der Waals surface area (Å²) in [7, 11) is -8.45. The van der Waals surface area contributed by atoms with E-state index in [1.807, 2.05) is 0 Å². The highest BCUT2D eigenvalue weighted by molar-refractivity contribution is 7.94. The van der Waals surface area contributed by atoms with Gasteiger partial charge in [0, 0.05) is 10.6 Å². The Morgan fingerprint density at radius 3 is 2.31 bits per heavy atom. The van der Waals surface area contributed by atoms with Crippen molar-refractivity contribution in [2.24, 2.45) is 5.92 Å². The quantitative estimate of drug-likeness (QED) is 0.544. The van der Waals surface area contributed by atoms with Gasteiger partial charge in [-0.2, -0.15) is 4.98 Å². The van der Waals surface area contributed by atoms with Crippen LogP contribution in [0.5, 0.6) is 0 Å². The Kier molecular flexibility index (Phi) is 5.84. The number of rotatable bonds is 6. The van der Waals surface area contributed by atoms with Crippen molar-refractivity contribution in [3.8, 4) is 11.5 Å². The Hall–Kier alpha value is -2.23. The second-order valence-electron chi connectivity index (χ2n) is 6.75. The molecule has 0 radical (unpaired) electrons. The van der Waals surface area contributed by atoms with Crippen LogP contribution >= 0.6 is 11.6 Å². The third-order valence-electron chi connectivity index (χ3n) is 3.85. The zero-order chi connectivity index (χ0) is 21.4. The van der Waals surface area contributed by atoms with E-state index >= 15 is 0 Å². The van der Waals surface area contributed by atoms with E-state index in [1.54, 1.807) is 13.8 Å². The molecule has 0 bridgehead atoms. The van der Waals surface area contributed by atoms with Crippen molar-refractivity contribution in [3.05, 3.63) is 59.4 Å². The van der Waals surface area contributed by atoms with Gasteiger partial charge in [-0.1, -0.05) is 31.5 Å². The molecule has 1 aromatic heterocycles. The normalized spacial score (nSPS) is 12.4. The summed E-state index contributed by atoms with van der Waals surface area (Å²) in [4.78, 5) is 3.74. The third-order valence-corrected chi connectivity index (χ3v) is 7.86. The van der Waals surface area contributed by atoms with Crippen molar-refractivity contribution in [1.29, 1.82) is 0 Å². The lowest BCUT2D eigenvalue weighted by molar-refractivity contribution is 0.442. The van der Waals surface area contributed by atoms with Gasteiger partial charge in [0.15, 0.2) is 0 Å². The Morgan fingerprint density at radius 2 is 1.72 bits per heavy atom. The topological polar surface area (TPSA) is 94.3 Å². The van der Waals surface area contributed by atoms with Crippen molar-refractivity contribution in [3.63, 3.8) is 0 Å². The number of halogens is 2. The molecule has 0 unspecified atom stereocenters. The summed E-state index contributed by atoms with van der Waals surface area (Å²) in [5.74, 6) is -1.53. The molecule has 0 N–H and O–H groups in total. The van der Waals surface area contributed by atoms with Crippen LogP contribution in [0.1, 0.15) is 13.8 Å². The van der Waals surface area contributed by atoms with Crippen molar-refractivity contribution in [1.82, 2.24) is 4.98 Å². The van der Waals surface area contributed by atoms with Gasteiger partial charge in [0.2, 0.25) is 30.6 Å². The van der Waals surface area contributed by atoms with Crippen molar-refractivity contribution in [2.75, 3.05) is 5.75 Å². The third kappa shape index (κ3) is 4.52. The van der Waals surface area contributed by atoms with Crippen LogP contribution < -0.4 is 0 Å². The van der Waals surface area contributed by atoms with E-state index in [-0.39, 0.29) is 28.0 Å². The van der Waals surface area contributed by atoms with E-state index in [0.29, 0.717) is 5.02 Å². The van der Waals surface area contributed by atoms with Gasteiger partial charge < -0.3 is 4.42 Å². The lowest BCUT2D eigenvalue weighted by Crippen LogP contribution is -2.15. The summed E-state index contributed by atoms with van der Waals surface area (Å²) in [6, 6.07) is 10.3. The van der Waals surface area contributed by atoms with Crippen LogP contribution in [-0.4, -0.2) is 27.6 Å². The molecule has 6 nitrogen and oxygen atoms in total. The van der Waals surface area contributed by atoms with Gasteiger partial charge in [-0.05, 0) is 48.4 Å². The zero-order valence-corrected chi connectivity index (χ0v) is 17.9. The molecule has 0 saturated heterocycles. The number of benzene rings is 2. The molecule has 29 heavy (non-hydrogen) atoms. The molecule has 10 heteroatoms. The fourth-order valence-corrected chi connectivity index (χ4v) is 6.21. The standard InChI is InChI=1S/C19H17ClFNO5S2/c1-12(2)11-28(23,24)19-18(29(25,26)16-8-6-14(20)7-9-16)22-17(27-19)13-4-3-5-15(21)10-13/h3-10,12H,11H2,1-2H3. The largest absolute Gasteiger partial charge is 0.423 e. The van der Waals surface area contributed by atoms with Crippen molar-refractivity contribution >= 4 is 31.3 Å². The molecule has 0 spiro atoms. The van der Waals surface area contributed by atoms with Crippen LogP contribution in [0, 0.1) is 11.7 Å². The molecular formula is C19H17ClFNO5S2. The molecule has 0 amide bonds. The molecule has 0 atom stereocenters. The van der Waals surface area contributed by atoms with Crippen LogP contribution in [0.2, 0.25) is 5.02 Å². The summed E-state index contributed by atoms with van der Waals surface area (Å²) in [6.07, 6.45) is 0. The number of aromatic nitrogens is 1. The van der Waals surface area contributed by atoms with E-state index in [4.69, 9.17) is 16.0 Å². The fraction of sp³-hybridized carbons (Fsp3) is 0.211. The molecular weight excluding hydrogens is 441 g/mol. The van der Waals surface area contributed by atoms with Crippen LogP contribution in [0.25, 0.3) is 11.5 Å². The molecule has 0 aliphatic rings. The minimum atomic E-state index is -4.34. The molecule has 0 fully saturated rings. The average Bonchev–Trinajstić information content (AvgIpc) is 3.08. The van der Waals surface area contributed by atoms with Crippen LogP contribution in [0.15, 0.2) is 68.0 Å². The van der Waals surface area contributed by atoms with Gasteiger partial charge >= 0.3 is 0 Å². The maximum Gasteiger partial charge on any atom is 0.258 e. The fourth-order valence-electron chi connectivity index (χ4n) is 2.64. The van der Waals surface area contributed by atoms with Crippen LogP contribution in [0.3, 0.4) is 0 Å². The van der Waals surface area contributed by atoms with Gasteiger partial charge in [-0.25, -0.2) is 21.2 Å². The highest BCUT2D eigenvalue weighted by Crippen LogP contribution is 2.33. The van der Waals surface area contributed by atoms with Crippen LogP contribution in [0.4, 0.5) is 4.39 Å². The highest BCUT2D eigenvalue weighted by Gasteiger charge is 2.35. The smallest absolute Gasteiger partial charge is 0.258 e. The molecule has 1 heterocycles. The first-order valence-corrected chi connectivity index (χ1v) is 12.0. The highest BCUT2D eigenvalue weighted by atomic mass is 35.5. The Morgan fingerprint density at radius 1 is 1.07 bits per heavy atom. The Labute approximate surface area is 173 Å². The summed E-state index contributed by atoms with van der Waals surface area (Å²) >= 11 is 5.81. The molecule has 2 aromatic carbocycles. The maximum absolute atomic E-state index is 13.6.